The number of nitrogens with zero attached hydrogens (tertiary/aromatic N) is 1. The van der Waals surface area contributed by atoms with Gasteiger partial charge in [-0.3, -0.25) is 18.6 Å². The van der Waals surface area contributed by atoms with Crippen LogP contribution in [0.4, 0.5) is 0 Å². The zero-order chi connectivity index (χ0) is 39.5. The molecule has 0 radical (unpaired) electrons. The van der Waals surface area contributed by atoms with Crippen LogP contribution in [0.3, 0.4) is 0 Å². The Hall–Kier alpha value is -2.33. The molecule has 53 heavy (non-hydrogen) atoms. The van der Waals surface area contributed by atoms with Gasteiger partial charge < -0.3 is 24.0 Å². The van der Waals surface area contributed by atoms with Gasteiger partial charge in [-0.1, -0.05) is 120 Å². The highest BCUT2D eigenvalue weighted by molar-refractivity contribution is 7.47. The Bertz CT molecular complexity index is 1110. The Kier molecular flexibility index (Phi) is 32.7. The maximum absolute atomic E-state index is 12.6. The molecule has 0 aliphatic rings. The molecule has 10 nitrogen and oxygen atoms in total. The van der Waals surface area contributed by atoms with Crippen molar-refractivity contribution >= 4 is 19.8 Å². The van der Waals surface area contributed by atoms with Gasteiger partial charge in [-0.25, -0.2) is 4.57 Å². The summed E-state index contributed by atoms with van der Waals surface area (Å²) in [5.74, 6) is -0.906. The molecule has 0 aliphatic carbocycles. The Morgan fingerprint density at radius 2 is 1.21 bits per heavy atom. The van der Waals surface area contributed by atoms with E-state index in [1.54, 1.807) is 0 Å². The number of ether oxygens (including phenoxy) is 2. The van der Waals surface area contributed by atoms with E-state index in [4.69, 9.17) is 18.5 Å². The quantitative estimate of drug-likeness (QED) is 0.0213. The molecule has 0 amide bonds. The Morgan fingerprint density at radius 1 is 0.660 bits per heavy atom. The zero-order valence-corrected chi connectivity index (χ0v) is 34.7. The number of quaternary nitrogens is 1. The number of phosphoric ester groups is 1. The normalized spacial score (nSPS) is 14.9. The third-order valence-corrected chi connectivity index (χ3v) is 9.08. The lowest BCUT2D eigenvalue weighted by atomic mass is 10.1. The summed E-state index contributed by atoms with van der Waals surface area (Å²) in [6.07, 6.45) is 36.1. The van der Waals surface area contributed by atoms with Crippen LogP contribution in [-0.2, 0) is 32.7 Å². The number of esters is 2. The highest BCUT2D eigenvalue weighted by atomic mass is 31.2. The Balaban J connectivity index is 4.54. The van der Waals surface area contributed by atoms with Gasteiger partial charge in [-0.15, -0.1) is 0 Å². The first-order chi connectivity index (χ1) is 25.4. The number of rotatable bonds is 35. The monoisotopic (exact) mass is 769 g/mol. The van der Waals surface area contributed by atoms with Gasteiger partial charge >= 0.3 is 19.8 Å². The van der Waals surface area contributed by atoms with Crippen LogP contribution in [0.2, 0.25) is 0 Å². The van der Waals surface area contributed by atoms with Crippen LogP contribution in [0.5, 0.6) is 0 Å². The molecule has 2 N–H and O–H groups in total. The standard InChI is InChI=1S/C42H74NO9P/c1-6-8-10-11-12-13-16-21-24-27-30-34-42(46)52-40(38-51-53(47,48)50-36-35-43(3,4)5)37-49-41(45)33-29-26-23-20-18-15-14-17-19-22-25-28-32-39(44)31-9-7-2/h11-12,14-15,19-20,22-23,28,32,39-40,44H,6-10,13,16-18,21,24-27,29-31,33-38H2,1-5H3/p+1/b12-11-,15-14-,22-19-,23-20-,32-28-/t39-,40+/m0/s1. The number of unbranched alkanes of at least 4 members (excludes halogenated alkanes) is 9. The molecule has 0 spiro atoms. The van der Waals surface area contributed by atoms with Gasteiger partial charge in [0.1, 0.15) is 19.8 Å². The molecule has 0 saturated heterocycles. The van der Waals surface area contributed by atoms with Crippen molar-refractivity contribution in [1.29, 1.82) is 0 Å². The second kappa shape index (κ2) is 34.2. The average molecular weight is 769 g/mol. The lowest BCUT2D eigenvalue weighted by Gasteiger charge is -2.24. The summed E-state index contributed by atoms with van der Waals surface area (Å²) in [5.41, 5.74) is 0. The highest BCUT2D eigenvalue weighted by Gasteiger charge is 2.27. The number of likely N-dealkylation sites (N-methyl/N-ethyl adjacent to an activating group) is 1. The summed E-state index contributed by atoms with van der Waals surface area (Å²) < 4.78 is 34.1. The molecular formula is C42H75NO9P+. The smallest absolute Gasteiger partial charge is 0.462 e. The maximum Gasteiger partial charge on any atom is 0.472 e. The van der Waals surface area contributed by atoms with Crippen LogP contribution in [0, 0.1) is 0 Å². The molecule has 11 heteroatoms. The third-order valence-electron chi connectivity index (χ3n) is 8.09. The molecule has 0 rings (SSSR count). The second-order valence-electron chi connectivity index (χ2n) is 14.5. The molecule has 0 aromatic heterocycles. The molecular weight excluding hydrogens is 693 g/mol. The van der Waals surface area contributed by atoms with Gasteiger partial charge in [0, 0.05) is 12.8 Å². The minimum absolute atomic E-state index is 0.0122. The van der Waals surface area contributed by atoms with Crippen LogP contribution in [0.25, 0.3) is 0 Å². The van der Waals surface area contributed by atoms with Crippen molar-refractivity contribution < 1.29 is 47.2 Å². The van der Waals surface area contributed by atoms with Crippen LogP contribution in [0.1, 0.15) is 136 Å². The van der Waals surface area contributed by atoms with E-state index in [2.05, 4.69) is 56.4 Å². The van der Waals surface area contributed by atoms with Crippen LogP contribution < -0.4 is 0 Å². The van der Waals surface area contributed by atoms with E-state index in [1.807, 2.05) is 39.4 Å². The van der Waals surface area contributed by atoms with Gasteiger partial charge in [0.05, 0.1) is 33.9 Å². The first-order valence-corrected chi connectivity index (χ1v) is 21.6. The van der Waals surface area contributed by atoms with Crippen molar-refractivity contribution in [3.63, 3.8) is 0 Å². The largest absolute Gasteiger partial charge is 0.472 e. The highest BCUT2D eigenvalue weighted by Crippen LogP contribution is 2.43. The van der Waals surface area contributed by atoms with Crippen molar-refractivity contribution in [2.24, 2.45) is 0 Å². The minimum atomic E-state index is -4.39. The van der Waals surface area contributed by atoms with Crippen LogP contribution in [0.15, 0.2) is 60.8 Å². The second-order valence-corrected chi connectivity index (χ2v) is 15.9. The SMILES string of the molecule is CCCC/C=C\CCCCCCCC(=O)O[C@H](COC(=O)CCC/C=C\C/C=C\C/C=C\C/C=C\[C@@H](O)CCCC)COP(=O)(O)OCC[N+](C)(C)C. The van der Waals surface area contributed by atoms with Crippen molar-refractivity contribution in [3.8, 4) is 0 Å². The third kappa shape index (κ3) is 37.8. The van der Waals surface area contributed by atoms with Crippen molar-refractivity contribution in [2.45, 2.75) is 148 Å². The molecule has 3 atom stereocenters. The predicted octanol–water partition coefficient (Wildman–Crippen LogP) is 9.87. The number of aliphatic hydroxyl groups is 1. The lowest BCUT2D eigenvalue weighted by molar-refractivity contribution is -0.870. The summed E-state index contributed by atoms with van der Waals surface area (Å²) in [6, 6.07) is 0. The number of allylic oxidation sites excluding steroid dienone is 9. The van der Waals surface area contributed by atoms with Crippen molar-refractivity contribution in [2.75, 3.05) is 47.5 Å². The lowest BCUT2D eigenvalue weighted by Crippen LogP contribution is -2.37. The molecule has 0 aromatic rings. The Morgan fingerprint density at radius 3 is 1.87 bits per heavy atom. The van der Waals surface area contributed by atoms with Gasteiger partial charge in [-0.2, -0.15) is 0 Å². The number of carbonyl (C=O) groups excluding carboxylic acids is 2. The number of hydrogen-bond donors (Lipinski definition) is 2. The molecule has 0 saturated carbocycles. The molecule has 0 aromatic carbocycles. The van der Waals surface area contributed by atoms with E-state index in [0.717, 1.165) is 83.5 Å². The molecule has 306 valence electrons. The summed E-state index contributed by atoms with van der Waals surface area (Å²) in [4.78, 5) is 35.2. The maximum atomic E-state index is 12.6. The predicted molar refractivity (Wildman–Crippen MR) is 216 cm³/mol. The fourth-order valence-electron chi connectivity index (χ4n) is 4.83. The molecule has 1 unspecified atom stereocenters. The van der Waals surface area contributed by atoms with Gasteiger partial charge in [0.25, 0.3) is 0 Å². The van der Waals surface area contributed by atoms with Crippen LogP contribution >= 0.6 is 7.82 Å². The number of carbonyl (C=O) groups is 2. The first-order valence-electron chi connectivity index (χ1n) is 20.1. The molecule has 0 fully saturated rings. The first kappa shape index (κ1) is 50.7. The van der Waals surface area contributed by atoms with Gasteiger partial charge in [0.2, 0.25) is 0 Å². The minimum Gasteiger partial charge on any atom is -0.462 e. The van der Waals surface area contributed by atoms with E-state index < -0.39 is 32.5 Å². The molecule has 0 heterocycles. The zero-order valence-electron chi connectivity index (χ0n) is 33.8. The van der Waals surface area contributed by atoms with Gasteiger partial charge in [0.15, 0.2) is 6.10 Å². The summed E-state index contributed by atoms with van der Waals surface area (Å²) >= 11 is 0. The van der Waals surface area contributed by atoms with E-state index in [1.165, 1.54) is 12.8 Å². The van der Waals surface area contributed by atoms with E-state index in [9.17, 15) is 24.2 Å². The summed E-state index contributed by atoms with van der Waals surface area (Å²) in [5, 5.41) is 9.81. The number of aliphatic hydroxyl groups excluding tert-OH is 1. The van der Waals surface area contributed by atoms with Crippen molar-refractivity contribution in [3.05, 3.63) is 60.8 Å². The summed E-state index contributed by atoms with van der Waals surface area (Å²) in [6.45, 7) is 4.11. The number of phosphoric acid groups is 1. The fourth-order valence-corrected chi connectivity index (χ4v) is 5.57. The topological polar surface area (TPSA) is 129 Å². The Labute approximate surface area is 322 Å². The van der Waals surface area contributed by atoms with E-state index in [0.29, 0.717) is 23.9 Å². The van der Waals surface area contributed by atoms with Crippen LogP contribution in [-0.4, -0.2) is 86.1 Å². The van der Waals surface area contributed by atoms with E-state index >= 15 is 0 Å². The summed E-state index contributed by atoms with van der Waals surface area (Å²) in [7, 11) is 1.41. The van der Waals surface area contributed by atoms with Gasteiger partial charge in [-0.05, 0) is 64.2 Å². The average Bonchev–Trinajstić information content (AvgIpc) is 3.10. The van der Waals surface area contributed by atoms with E-state index in [-0.39, 0.29) is 32.2 Å². The fraction of sp³-hybridized carbons (Fsp3) is 0.714. The molecule has 0 bridgehead atoms. The number of hydrogen-bond acceptors (Lipinski definition) is 8. The van der Waals surface area contributed by atoms with Crippen molar-refractivity contribution in [1.82, 2.24) is 0 Å². The molecule has 0 aliphatic heterocycles.